The SMILES string of the molecule is COc1cc(C#N)ccc1OCC(=O)N1CCc2sccc2[C@H]1C. The predicted octanol–water partition coefficient (Wildman–Crippen LogP) is 3.15. The molecule has 1 amide bonds. The van der Waals surface area contributed by atoms with E-state index in [0.717, 1.165) is 6.42 Å². The van der Waals surface area contributed by atoms with Crippen molar-refractivity contribution in [2.24, 2.45) is 0 Å². The van der Waals surface area contributed by atoms with Crippen LogP contribution in [0.1, 0.15) is 29.0 Å². The summed E-state index contributed by atoms with van der Waals surface area (Å²) in [4.78, 5) is 15.8. The van der Waals surface area contributed by atoms with Crippen molar-refractivity contribution in [1.29, 1.82) is 5.26 Å². The number of amides is 1. The topological polar surface area (TPSA) is 62.6 Å². The quantitative estimate of drug-likeness (QED) is 0.856. The lowest BCUT2D eigenvalue weighted by Crippen LogP contribution is -2.40. The van der Waals surface area contributed by atoms with Crippen LogP contribution in [0.25, 0.3) is 0 Å². The number of rotatable bonds is 4. The average Bonchev–Trinajstić information content (AvgIpc) is 3.09. The monoisotopic (exact) mass is 342 g/mol. The summed E-state index contributed by atoms with van der Waals surface area (Å²) in [6, 6.07) is 9.10. The molecule has 0 spiro atoms. The number of fused-ring (bicyclic) bond motifs is 1. The molecule has 1 aliphatic rings. The molecular weight excluding hydrogens is 324 g/mol. The second kappa shape index (κ2) is 6.93. The van der Waals surface area contributed by atoms with Gasteiger partial charge in [0.2, 0.25) is 0 Å². The molecule has 1 atom stereocenters. The van der Waals surface area contributed by atoms with Crippen molar-refractivity contribution in [3.8, 4) is 17.6 Å². The lowest BCUT2D eigenvalue weighted by atomic mass is 10.0. The van der Waals surface area contributed by atoms with Crippen molar-refractivity contribution < 1.29 is 14.3 Å². The summed E-state index contributed by atoms with van der Waals surface area (Å²) < 4.78 is 10.9. The van der Waals surface area contributed by atoms with Crippen LogP contribution >= 0.6 is 11.3 Å². The van der Waals surface area contributed by atoms with Crippen molar-refractivity contribution in [2.45, 2.75) is 19.4 Å². The number of thiophene rings is 1. The van der Waals surface area contributed by atoms with Gasteiger partial charge in [-0.3, -0.25) is 4.79 Å². The highest BCUT2D eigenvalue weighted by molar-refractivity contribution is 7.10. The fourth-order valence-electron chi connectivity index (χ4n) is 2.93. The minimum atomic E-state index is -0.0502. The molecule has 6 heteroatoms. The van der Waals surface area contributed by atoms with Gasteiger partial charge < -0.3 is 14.4 Å². The number of carbonyl (C=O) groups excluding carboxylic acids is 1. The maximum atomic E-state index is 12.5. The maximum Gasteiger partial charge on any atom is 0.261 e. The smallest absolute Gasteiger partial charge is 0.261 e. The summed E-state index contributed by atoms with van der Waals surface area (Å²) in [5, 5.41) is 11.0. The van der Waals surface area contributed by atoms with Gasteiger partial charge in [-0.25, -0.2) is 0 Å². The summed E-state index contributed by atoms with van der Waals surface area (Å²) >= 11 is 1.75. The Labute approximate surface area is 145 Å². The van der Waals surface area contributed by atoms with Gasteiger partial charge >= 0.3 is 0 Å². The van der Waals surface area contributed by atoms with Crippen LogP contribution in [-0.4, -0.2) is 31.1 Å². The first-order valence-electron chi connectivity index (χ1n) is 7.70. The Morgan fingerprint density at radius 2 is 2.25 bits per heavy atom. The molecule has 0 radical (unpaired) electrons. The molecule has 2 heterocycles. The van der Waals surface area contributed by atoms with Gasteiger partial charge in [0, 0.05) is 17.5 Å². The van der Waals surface area contributed by atoms with E-state index in [4.69, 9.17) is 14.7 Å². The number of benzene rings is 1. The molecule has 1 aromatic heterocycles. The van der Waals surface area contributed by atoms with E-state index in [2.05, 4.69) is 11.4 Å². The molecule has 1 aromatic carbocycles. The van der Waals surface area contributed by atoms with E-state index in [1.807, 2.05) is 17.9 Å². The van der Waals surface area contributed by atoms with Gasteiger partial charge in [-0.1, -0.05) is 0 Å². The first-order valence-corrected chi connectivity index (χ1v) is 8.58. The van der Waals surface area contributed by atoms with Gasteiger partial charge in [0.25, 0.3) is 5.91 Å². The molecule has 0 aliphatic carbocycles. The Kier molecular flexibility index (Phi) is 4.72. The molecule has 3 rings (SSSR count). The number of ether oxygens (including phenoxy) is 2. The summed E-state index contributed by atoms with van der Waals surface area (Å²) in [6.07, 6.45) is 0.892. The minimum absolute atomic E-state index is 0.0495. The Bertz CT molecular complexity index is 794. The van der Waals surface area contributed by atoms with E-state index >= 15 is 0 Å². The third kappa shape index (κ3) is 3.08. The van der Waals surface area contributed by atoms with Gasteiger partial charge in [0.1, 0.15) is 0 Å². The molecule has 0 saturated carbocycles. The summed E-state index contributed by atoms with van der Waals surface area (Å²) in [5.74, 6) is 0.866. The van der Waals surface area contributed by atoms with Crippen LogP contribution in [0.2, 0.25) is 0 Å². The molecule has 24 heavy (non-hydrogen) atoms. The van der Waals surface area contributed by atoms with Gasteiger partial charge in [-0.2, -0.15) is 5.26 Å². The minimum Gasteiger partial charge on any atom is -0.493 e. The molecule has 0 fully saturated rings. The van der Waals surface area contributed by atoms with Gasteiger partial charge in [-0.05, 0) is 42.5 Å². The number of hydrogen-bond acceptors (Lipinski definition) is 5. The van der Waals surface area contributed by atoms with Crippen molar-refractivity contribution in [1.82, 2.24) is 4.90 Å². The number of hydrogen-bond donors (Lipinski definition) is 0. The third-order valence-corrected chi connectivity index (χ3v) is 5.24. The summed E-state index contributed by atoms with van der Waals surface area (Å²) in [7, 11) is 1.51. The molecular formula is C18H18N2O3S. The van der Waals surface area contributed by atoms with Crippen LogP contribution in [0.4, 0.5) is 0 Å². The number of carbonyl (C=O) groups is 1. The van der Waals surface area contributed by atoms with E-state index in [-0.39, 0.29) is 18.6 Å². The third-order valence-electron chi connectivity index (χ3n) is 4.24. The molecule has 0 saturated heterocycles. The number of methoxy groups -OCH3 is 1. The van der Waals surface area contributed by atoms with Gasteiger partial charge in [0.05, 0.1) is 24.8 Å². The molecule has 124 valence electrons. The van der Waals surface area contributed by atoms with Crippen LogP contribution < -0.4 is 9.47 Å². The van der Waals surface area contributed by atoms with Crippen molar-refractivity contribution in [3.05, 3.63) is 45.6 Å². The fraction of sp³-hybridized carbons (Fsp3) is 0.333. The van der Waals surface area contributed by atoms with E-state index in [9.17, 15) is 4.79 Å². The Morgan fingerprint density at radius 1 is 1.42 bits per heavy atom. The number of nitrogens with zero attached hydrogens (tertiary/aromatic N) is 2. The zero-order chi connectivity index (χ0) is 17.1. The first kappa shape index (κ1) is 16.3. The normalized spacial score (nSPS) is 16.2. The average molecular weight is 342 g/mol. The lowest BCUT2D eigenvalue weighted by Gasteiger charge is -2.33. The lowest BCUT2D eigenvalue weighted by molar-refractivity contribution is -0.135. The molecule has 0 N–H and O–H groups in total. The first-order chi connectivity index (χ1) is 11.6. The van der Waals surface area contributed by atoms with E-state index in [0.29, 0.717) is 23.6 Å². The standard InChI is InChI=1S/C18H18N2O3S/c1-12-14-6-8-24-17(14)5-7-20(12)18(21)11-23-15-4-3-13(10-19)9-16(15)22-2/h3-4,6,8-9,12H,5,7,11H2,1-2H3/t12-/m1/s1. The van der Waals surface area contributed by atoms with E-state index in [1.54, 1.807) is 29.5 Å². The fourth-order valence-corrected chi connectivity index (χ4v) is 3.89. The zero-order valence-electron chi connectivity index (χ0n) is 13.6. The van der Waals surface area contributed by atoms with Crippen LogP contribution in [0.3, 0.4) is 0 Å². The predicted molar refractivity (Wildman–Crippen MR) is 91.4 cm³/mol. The molecule has 1 aliphatic heterocycles. The van der Waals surface area contributed by atoms with E-state index in [1.165, 1.54) is 17.6 Å². The second-order valence-corrected chi connectivity index (χ2v) is 6.58. The highest BCUT2D eigenvalue weighted by Gasteiger charge is 2.28. The summed E-state index contributed by atoms with van der Waals surface area (Å²) in [6.45, 7) is 2.71. The Hall–Kier alpha value is -2.52. The van der Waals surface area contributed by atoms with Crippen LogP contribution in [0, 0.1) is 11.3 Å². The maximum absolute atomic E-state index is 12.5. The highest BCUT2D eigenvalue weighted by atomic mass is 32.1. The molecule has 0 bridgehead atoms. The summed E-state index contributed by atoms with van der Waals surface area (Å²) in [5.41, 5.74) is 1.72. The Balaban J connectivity index is 1.67. The largest absolute Gasteiger partial charge is 0.493 e. The zero-order valence-corrected chi connectivity index (χ0v) is 14.4. The molecule has 2 aromatic rings. The van der Waals surface area contributed by atoms with Crippen LogP contribution in [-0.2, 0) is 11.2 Å². The van der Waals surface area contributed by atoms with Gasteiger partial charge in [-0.15, -0.1) is 11.3 Å². The number of nitriles is 1. The highest BCUT2D eigenvalue weighted by Crippen LogP contribution is 2.33. The van der Waals surface area contributed by atoms with Crippen molar-refractivity contribution in [3.63, 3.8) is 0 Å². The Morgan fingerprint density at radius 3 is 3.00 bits per heavy atom. The van der Waals surface area contributed by atoms with Crippen LogP contribution in [0.5, 0.6) is 11.5 Å². The van der Waals surface area contributed by atoms with E-state index < -0.39 is 0 Å². The van der Waals surface area contributed by atoms with Crippen molar-refractivity contribution in [2.75, 3.05) is 20.3 Å². The molecule has 0 unspecified atom stereocenters. The molecule has 5 nitrogen and oxygen atoms in total. The van der Waals surface area contributed by atoms with Gasteiger partial charge in [0.15, 0.2) is 18.1 Å². The van der Waals surface area contributed by atoms with Crippen LogP contribution in [0.15, 0.2) is 29.6 Å². The second-order valence-electron chi connectivity index (χ2n) is 5.58. The van der Waals surface area contributed by atoms with Crippen molar-refractivity contribution >= 4 is 17.2 Å².